The molecule has 0 aromatic heterocycles. The highest BCUT2D eigenvalue weighted by Gasteiger charge is 2.22. The predicted molar refractivity (Wildman–Crippen MR) is 101 cm³/mol. The molecule has 28 heavy (non-hydrogen) atoms. The minimum Gasteiger partial charge on any atom is -0.483 e. The number of hydrogen-bond acceptors (Lipinski definition) is 7. The Morgan fingerprint density at radius 1 is 1.25 bits per heavy atom. The average Bonchev–Trinajstić information content (AvgIpc) is 3.11. The number of nitro groups is 1. The molecule has 1 N–H and O–H groups in total. The van der Waals surface area contributed by atoms with Crippen LogP contribution in [0.15, 0.2) is 29.4 Å². The number of hydrazone groups is 1. The minimum absolute atomic E-state index is 0.00104. The van der Waals surface area contributed by atoms with E-state index in [2.05, 4.69) is 10.5 Å². The van der Waals surface area contributed by atoms with E-state index in [1.54, 1.807) is 0 Å². The van der Waals surface area contributed by atoms with Crippen molar-refractivity contribution in [3.63, 3.8) is 0 Å². The van der Waals surface area contributed by atoms with Gasteiger partial charge in [0.1, 0.15) is 5.75 Å². The number of carbonyl (C=O) groups excluding carboxylic acids is 1. The van der Waals surface area contributed by atoms with Crippen LogP contribution >= 0.6 is 0 Å². The molecule has 0 bridgehead atoms. The number of nitrogens with zero attached hydrogens (tertiary/aromatic N) is 2. The maximum atomic E-state index is 12.0. The Hall–Kier alpha value is -3.62. The van der Waals surface area contributed by atoms with Gasteiger partial charge in [-0.3, -0.25) is 14.9 Å². The molecule has 1 heterocycles. The molecule has 1 aliphatic rings. The number of ether oxygens (including phenoxy) is 3. The summed E-state index contributed by atoms with van der Waals surface area (Å²) in [6.45, 7) is 5.55. The van der Waals surface area contributed by atoms with Gasteiger partial charge in [-0.15, -0.1) is 0 Å². The first-order valence-corrected chi connectivity index (χ1v) is 8.46. The Balaban J connectivity index is 1.65. The second-order valence-corrected chi connectivity index (χ2v) is 6.26. The van der Waals surface area contributed by atoms with Gasteiger partial charge in [-0.1, -0.05) is 12.1 Å². The van der Waals surface area contributed by atoms with E-state index in [1.165, 1.54) is 18.3 Å². The molecule has 1 aliphatic heterocycles. The monoisotopic (exact) mass is 385 g/mol. The fourth-order valence-electron chi connectivity index (χ4n) is 2.70. The van der Waals surface area contributed by atoms with Gasteiger partial charge in [-0.25, -0.2) is 5.43 Å². The second kappa shape index (κ2) is 7.95. The Kier molecular flexibility index (Phi) is 5.44. The maximum absolute atomic E-state index is 12.0. The number of nitrogens with one attached hydrogen (secondary N) is 1. The van der Waals surface area contributed by atoms with E-state index < -0.39 is 10.8 Å². The molecule has 0 atom stereocenters. The van der Waals surface area contributed by atoms with Crippen molar-refractivity contribution in [2.45, 2.75) is 20.8 Å². The molecule has 2 aromatic rings. The number of amides is 1. The summed E-state index contributed by atoms with van der Waals surface area (Å²) in [5, 5.41) is 15.0. The van der Waals surface area contributed by atoms with Crippen LogP contribution in [0, 0.1) is 30.9 Å². The number of aryl methyl sites for hydroxylation is 2. The molecule has 0 saturated carbocycles. The molecular weight excluding hydrogens is 366 g/mol. The molecule has 146 valence electrons. The SMILES string of the molecule is Cc1ccc(C)c(OCC(=O)N/N=C/c2cc3c(cc2[N+](=O)[O-])OCO3)c1C. The van der Waals surface area contributed by atoms with Crippen LogP contribution in [-0.4, -0.2) is 30.4 Å². The zero-order valence-electron chi connectivity index (χ0n) is 15.6. The molecule has 9 heteroatoms. The van der Waals surface area contributed by atoms with Gasteiger partial charge in [0.05, 0.1) is 22.8 Å². The summed E-state index contributed by atoms with van der Waals surface area (Å²) >= 11 is 0. The van der Waals surface area contributed by atoms with Crippen molar-refractivity contribution >= 4 is 17.8 Å². The third kappa shape index (κ3) is 4.03. The minimum atomic E-state index is -0.558. The lowest BCUT2D eigenvalue weighted by atomic mass is 10.1. The number of nitro benzene ring substituents is 1. The van der Waals surface area contributed by atoms with E-state index in [4.69, 9.17) is 14.2 Å². The van der Waals surface area contributed by atoms with Gasteiger partial charge in [0.2, 0.25) is 6.79 Å². The molecule has 1 amide bonds. The number of fused-ring (bicyclic) bond motifs is 1. The first kappa shape index (κ1) is 19.2. The van der Waals surface area contributed by atoms with Crippen LogP contribution in [0.5, 0.6) is 17.2 Å². The Morgan fingerprint density at radius 3 is 2.64 bits per heavy atom. The topological polar surface area (TPSA) is 112 Å². The summed E-state index contributed by atoms with van der Waals surface area (Å²) in [6.07, 6.45) is 1.18. The molecule has 0 saturated heterocycles. The summed E-state index contributed by atoms with van der Waals surface area (Å²) in [7, 11) is 0. The second-order valence-electron chi connectivity index (χ2n) is 6.26. The van der Waals surface area contributed by atoms with Crippen LogP contribution in [0.3, 0.4) is 0 Å². The lowest BCUT2D eigenvalue weighted by Crippen LogP contribution is -2.25. The smallest absolute Gasteiger partial charge is 0.282 e. The van der Waals surface area contributed by atoms with Crippen LogP contribution in [0.4, 0.5) is 5.69 Å². The van der Waals surface area contributed by atoms with Gasteiger partial charge in [0.25, 0.3) is 11.6 Å². The third-order valence-corrected chi connectivity index (χ3v) is 4.33. The van der Waals surface area contributed by atoms with Crippen molar-refractivity contribution in [3.8, 4) is 17.2 Å². The molecule has 0 fully saturated rings. The van der Waals surface area contributed by atoms with Gasteiger partial charge < -0.3 is 14.2 Å². The van der Waals surface area contributed by atoms with Gasteiger partial charge in [-0.2, -0.15) is 5.10 Å². The Labute approximate surface area is 161 Å². The summed E-state index contributed by atoms with van der Waals surface area (Å²) in [5.41, 5.74) is 5.23. The fourth-order valence-corrected chi connectivity index (χ4v) is 2.70. The summed E-state index contributed by atoms with van der Waals surface area (Å²) in [6, 6.07) is 6.61. The molecular formula is C19H19N3O6. The maximum Gasteiger partial charge on any atom is 0.282 e. The first-order chi connectivity index (χ1) is 13.4. The zero-order chi connectivity index (χ0) is 20.3. The largest absolute Gasteiger partial charge is 0.483 e. The van der Waals surface area contributed by atoms with Crippen molar-refractivity contribution in [1.82, 2.24) is 5.43 Å². The number of rotatable bonds is 6. The van der Waals surface area contributed by atoms with Crippen molar-refractivity contribution in [3.05, 3.63) is 56.6 Å². The zero-order valence-corrected chi connectivity index (χ0v) is 15.6. The van der Waals surface area contributed by atoms with Gasteiger partial charge in [0, 0.05) is 0 Å². The van der Waals surface area contributed by atoms with Crippen LogP contribution in [0.1, 0.15) is 22.3 Å². The van der Waals surface area contributed by atoms with Crippen LogP contribution in [0.2, 0.25) is 0 Å². The van der Waals surface area contributed by atoms with Crippen molar-refractivity contribution < 1.29 is 23.9 Å². The highest BCUT2D eigenvalue weighted by atomic mass is 16.7. The third-order valence-electron chi connectivity index (χ3n) is 4.33. The van der Waals surface area contributed by atoms with E-state index in [1.807, 2.05) is 32.9 Å². The highest BCUT2D eigenvalue weighted by molar-refractivity contribution is 5.88. The van der Waals surface area contributed by atoms with Gasteiger partial charge >= 0.3 is 0 Å². The number of benzene rings is 2. The Morgan fingerprint density at radius 2 is 1.93 bits per heavy atom. The lowest BCUT2D eigenvalue weighted by molar-refractivity contribution is -0.385. The van der Waals surface area contributed by atoms with E-state index in [0.29, 0.717) is 17.2 Å². The number of hydrogen-bond donors (Lipinski definition) is 1. The van der Waals surface area contributed by atoms with Crippen molar-refractivity contribution in [1.29, 1.82) is 0 Å². The molecule has 0 radical (unpaired) electrons. The van der Waals surface area contributed by atoms with Crippen molar-refractivity contribution in [2.75, 3.05) is 13.4 Å². The number of carbonyl (C=O) groups is 1. The van der Waals surface area contributed by atoms with Gasteiger partial charge in [-0.05, 0) is 43.5 Å². The summed E-state index contributed by atoms with van der Waals surface area (Å²) < 4.78 is 15.9. The van der Waals surface area contributed by atoms with Crippen molar-refractivity contribution in [2.24, 2.45) is 5.10 Å². The highest BCUT2D eigenvalue weighted by Crippen LogP contribution is 2.37. The van der Waals surface area contributed by atoms with Gasteiger partial charge in [0.15, 0.2) is 18.1 Å². The summed E-state index contributed by atoms with van der Waals surface area (Å²) in [5.74, 6) is 0.850. The van der Waals surface area contributed by atoms with E-state index in [0.717, 1.165) is 16.7 Å². The molecule has 0 aliphatic carbocycles. The lowest BCUT2D eigenvalue weighted by Gasteiger charge is -2.13. The summed E-state index contributed by atoms with van der Waals surface area (Å²) in [4.78, 5) is 22.6. The van der Waals surface area contributed by atoms with E-state index in [9.17, 15) is 14.9 Å². The van der Waals surface area contributed by atoms with E-state index in [-0.39, 0.29) is 24.7 Å². The average molecular weight is 385 g/mol. The fraction of sp³-hybridized carbons (Fsp3) is 0.263. The molecule has 9 nitrogen and oxygen atoms in total. The molecule has 3 rings (SSSR count). The Bertz CT molecular complexity index is 971. The van der Waals surface area contributed by atoms with Crippen LogP contribution in [-0.2, 0) is 4.79 Å². The van der Waals surface area contributed by atoms with Crippen LogP contribution < -0.4 is 19.6 Å². The van der Waals surface area contributed by atoms with E-state index >= 15 is 0 Å². The quantitative estimate of drug-likeness (QED) is 0.465. The predicted octanol–water partition coefficient (Wildman–Crippen LogP) is 2.78. The molecule has 0 unspecified atom stereocenters. The standard InChI is InChI=1S/C19H19N3O6/c1-11-4-5-12(2)19(13(11)3)26-9-18(23)21-20-8-14-6-16-17(28-10-27-16)7-15(14)22(24)25/h4-8H,9-10H2,1-3H3,(H,21,23)/b20-8+. The first-order valence-electron chi connectivity index (χ1n) is 8.46. The molecule has 2 aromatic carbocycles. The molecule has 0 spiro atoms. The van der Waals surface area contributed by atoms with Crippen LogP contribution in [0.25, 0.3) is 0 Å². The normalized spacial score (nSPS) is 12.2.